The lowest BCUT2D eigenvalue weighted by Crippen LogP contribution is -2.23. The molecular weight excluding hydrogens is 324 g/mol. The Hall–Kier alpha value is -1.21. The minimum Gasteiger partial charge on any atom is -0.324 e. The first kappa shape index (κ1) is 13.5. The minimum atomic E-state index is 0.541. The highest BCUT2D eigenvalue weighted by Crippen LogP contribution is 2.31. The van der Waals surface area contributed by atoms with Crippen LogP contribution in [0, 0.1) is 0 Å². The van der Waals surface area contributed by atoms with Gasteiger partial charge < -0.3 is 10.0 Å². The van der Waals surface area contributed by atoms with Crippen LogP contribution in [-0.4, -0.2) is 15.9 Å². The van der Waals surface area contributed by atoms with Gasteiger partial charge in [0.25, 0.3) is 0 Å². The Labute approximate surface area is 135 Å². The van der Waals surface area contributed by atoms with Crippen molar-refractivity contribution < 1.29 is 0 Å². The second-order valence-corrected chi connectivity index (χ2v) is 6.90. The highest BCUT2D eigenvalue weighted by Gasteiger charge is 2.13. The summed E-state index contributed by atoms with van der Waals surface area (Å²) in [5, 5.41) is 6.87. The van der Waals surface area contributed by atoms with Gasteiger partial charge in [-0.15, -0.1) is 11.3 Å². The van der Waals surface area contributed by atoms with Gasteiger partial charge in [0.2, 0.25) is 0 Å². The van der Waals surface area contributed by atoms with E-state index in [1.165, 1.54) is 23.1 Å². The first-order valence-corrected chi connectivity index (χ1v) is 8.75. The van der Waals surface area contributed by atoms with Crippen LogP contribution in [0.4, 0.5) is 5.69 Å². The van der Waals surface area contributed by atoms with Crippen LogP contribution in [0.25, 0.3) is 4.96 Å². The lowest BCUT2D eigenvalue weighted by molar-refractivity contribution is 0.644. The second kappa shape index (κ2) is 5.53. The topological polar surface area (TPSA) is 41.4 Å². The van der Waals surface area contributed by atoms with Crippen LogP contribution >= 0.6 is 34.9 Å². The number of nitrogens with zero attached hydrogens (tertiary/aromatic N) is 2. The molecule has 0 atom stereocenters. The Morgan fingerprint density at radius 2 is 2.33 bits per heavy atom. The fourth-order valence-electron chi connectivity index (χ4n) is 2.48. The average molecular weight is 337 g/mol. The number of nitrogens with one attached hydrogen (secondary N) is 2. The summed E-state index contributed by atoms with van der Waals surface area (Å²) >= 11 is 9.27. The molecule has 3 heterocycles. The largest absolute Gasteiger partial charge is 0.324 e. The Balaban J connectivity index is 1.56. The molecule has 1 aliphatic heterocycles. The molecule has 0 bridgehead atoms. The van der Waals surface area contributed by atoms with Crippen molar-refractivity contribution in [3.05, 3.63) is 46.1 Å². The third-order valence-corrected chi connectivity index (χ3v) is 5.59. The third-order valence-electron chi connectivity index (χ3n) is 3.54. The molecule has 1 aliphatic rings. The Morgan fingerprint density at radius 1 is 1.38 bits per heavy atom. The number of hydrogen-bond acceptors (Lipinski definition) is 5. The van der Waals surface area contributed by atoms with Gasteiger partial charge in [0.1, 0.15) is 5.03 Å². The summed E-state index contributed by atoms with van der Waals surface area (Å²) in [7, 11) is 0. The predicted molar refractivity (Wildman–Crippen MR) is 89.4 cm³/mol. The van der Waals surface area contributed by atoms with Gasteiger partial charge in [-0.2, -0.15) is 0 Å². The zero-order valence-electron chi connectivity index (χ0n) is 11.1. The molecule has 0 saturated carbocycles. The molecule has 108 valence electrons. The summed E-state index contributed by atoms with van der Waals surface area (Å²) in [6.45, 7) is 2.01. The van der Waals surface area contributed by atoms with Crippen molar-refractivity contribution in [1.29, 1.82) is 0 Å². The zero-order chi connectivity index (χ0) is 14.2. The summed E-state index contributed by atoms with van der Waals surface area (Å²) in [6.07, 6.45) is 3.09. The molecule has 0 radical (unpaired) electrons. The molecule has 21 heavy (non-hydrogen) atoms. The van der Waals surface area contributed by atoms with Crippen LogP contribution in [0.5, 0.6) is 0 Å². The fraction of sp³-hybridized carbons (Fsp3) is 0.214. The maximum atomic E-state index is 6.19. The lowest BCUT2D eigenvalue weighted by atomic mass is 10.0. The van der Waals surface area contributed by atoms with Gasteiger partial charge in [0, 0.05) is 35.8 Å². The van der Waals surface area contributed by atoms with Gasteiger partial charge in [-0.25, -0.2) is 4.98 Å². The molecule has 3 aromatic rings. The van der Waals surface area contributed by atoms with E-state index < -0.39 is 0 Å². The lowest BCUT2D eigenvalue weighted by Gasteiger charge is -2.18. The molecule has 0 fully saturated rings. The van der Waals surface area contributed by atoms with Crippen LogP contribution in [0.3, 0.4) is 0 Å². The van der Waals surface area contributed by atoms with Gasteiger partial charge in [-0.3, -0.25) is 4.40 Å². The predicted octanol–water partition coefficient (Wildman–Crippen LogP) is 3.81. The first-order chi connectivity index (χ1) is 10.3. The van der Waals surface area contributed by atoms with E-state index in [2.05, 4.69) is 33.2 Å². The summed E-state index contributed by atoms with van der Waals surface area (Å²) in [4.78, 5) is 5.25. The molecule has 0 unspecified atom stereocenters. The highest BCUT2D eigenvalue weighted by molar-refractivity contribution is 8.00. The number of rotatable bonds is 3. The van der Waals surface area contributed by atoms with Crippen molar-refractivity contribution >= 4 is 45.5 Å². The standard InChI is InChI=1S/C14H13ClN4S2/c15-12-13(19-5-6-20-14(19)17-12)21-18-11-2-1-9-3-4-16-8-10(9)7-11/h1-2,5-7,16,18H,3-4,8H2. The van der Waals surface area contributed by atoms with E-state index >= 15 is 0 Å². The molecule has 1 aromatic carbocycles. The van der Waals surface area contributed by atoms with Crippen LogP contribution in [0.1, 0.15) is 11.1 Å². The van der Waals surface area contributed by atoms with E-state index in [1.807, 2.05) is 16.0 Å². The number of aromatic nitrogens is 2. The number of thiazole rings is 1. The molecule has 0 aliphatic carbocycles. The van der Waals surface area contributed by atoms with Crippen molar-refractivity contribution in [2.24, 2.45) is 0 Å². The van der Waals surface area contributed by atoms with Crippen LogP contribution in [0.15, 0.2) is 34.8 Å². The Morgan fingerprint density at radius 3 is 3.29 bits per heavy atom. The fourth-order valence-corrected chi connectivity index (χ4v) is 4.31. The van der Waals surface area contributed by atoms with Crippen LogP contribution < -0.4 is 10.0 Å². The van der Waals surface area contributed by atoms with E-state index in [0.717, 1.165) is 35.2 Å². The van der Waals surface area contributed by atoms with E-state index in [9.17, 15) is 0 Å². The second-order valence-electron chi connectivity index (χ2n) is 4.88. The maximum absolute atomic E-state index is 6.19. The number of anilines is 1. The van der Waals surface area contributed by atoms with Gasteiger partial charge >= 0.3 is 0 Å². The quantitative estimate of drug-likeness (QED) is 0.714. The number of halogens is 1. The first-order valence-electron chi connectivity index (χ1n) is 6.68. The van der Waals surface area contributed by atoms with E-state index in [0.29, 0.717) is 5.15 Å². The number of benzene rings is 1. The van der Waals surface area contributed by atoms with Crippen molar-refractivity contribution in [2.45, 2.75) is 18.0 Å². The molecule has 4 nitrogen and oxygen atoms in total. The number of hydrogen-bond donors (Lipinski definition) is 2. The van der Waals surface area contributed by atoms with E-state index in [1.54, 1.807) is 11.3 Å². The van der Waals surface area contributed by atoms with Gasteiger partial charge in [-0.1, -0.05) is 17.7 Å². The molecule has 0 amide bonds. The maximum Gasteiger partial charge on any atom is 0.196 e. The summed E-state index contributed by atoms with van der Waals surface area (Å²) in [5.41, 5.74) is 3.89. The third kappa shape index (κ3) is 2.53. The molecule has 0 saturated heterocycles. The van der Waals surface area contributed by atoms with E-state index in [-0.39, 0.29) is 0 Å². The van der Waals surface area contributed by atoms with Crippen LogP contribution in [-0.2, 0) is 13.0 Å². The van der Waals surface area contributed by atoms with Crippen molar-refractivity contribution in [3.63, 3.8) is 0 Å². The zero-order valence-corrected chi connectivity index (χ0v) is 13.5. The van der Waals surface area contributed by atoms with Crippen molar-refractivity contribution in [3.8, 4) is 0 Å². The molecule has 7 heteroatoms. The van der Waals surface area contributed by atoms with E-state index in [4.69, 9.17) is 11.6 Å². The Bertz CT molecular complexity index is 795. The molecule has 0 spiro atoms. The van der Waals surface area contributed by atoms with Gasteiger partial charge in [0.05, 0.1) is 0 Å². The van der Waals surface area contributed by atoms with Crippen molar-refractivity contribution in [2.75, 3.05) is 11.3 Å². The molecule has 2 aromatic heterocycles. The highest BCUT2D eigenvalue weighted by atomic mass is 35.5. The minimum absolute atomic E-state index is 0.541. The normalized spacial score (nSPS) is 14.3. The van der Waals surface area contributed by atoms with Gasteiger partial charge in [-0.05, 0) is 36.2 Å². The summed E-state index contributed by atoms with van der Waals surface area (Å²) < 4.78 is 5.37. The Kier molecular flexibility index (Phi) is 3.54. The van der Waals surface area contributed by atoms with Crippen molar-refractivity contribution in [1.82, 2.24) is 14.7 Å². The summed E-state index contributed by atoms with van der Waals surface area (Å²) in [6, 6.07) is 6.53. The monoisotopic (exact) mass is 336 g/mol. The molecular formula is C14H13ClN4S2. The average Bonchev–Trinajstić information content (AvgIpc) is 3.06. The SMILES string of the molecule is Clc1nc2sccn2c1SNc1ccc2c(c1)CNCC2. The smallest absolute Gasteiger partial charge is 0.196 e. The van der Waals surface area contributed by atoms with Gasteiger partial charge in [0.15, 0.2) is 10.1 Å². The molecule has 2 N–H and O–H groups in total. The number of fused-ring (bicyclic) bond motifs is 2. The summed E-state index contributed by atoms with van der Waals surface area (Å²) in [5.74, 6) is 0. The number of imidazole rings is 1. The van der Waals surface area contributed by atoms with Crippen LogP contribution in [0.2, 0.25) is 5.15 Å². The molecule has 4 rings (SSSR count).